The van der Waals surface area contributed by atoms with Crippen molar-refractivity contribution in [2.75, 3.05) is 18.2 Å². The summed E-state index contributed by atoms with van der Waals surface area (Å²) in [6.45, 7) is 5.10. The van der Waals surface area contributed by atoms with Gasteiger partial charge in [0.1, 0.15) is 0 Å². The van der Waals surface area contributed by atoms with Gasteiger partial charge >= 0.3 is 18.1 Å². The fourth-order valence-corrected chi connectivity index (χ4v) is 5.07. The monoisotopic (exact) mass is 442 g/mol. The van der Waals surface area contributed by atoms with Crippen molar-refractivity contribution < 1.29 is 37.0 Å². The van der Waals surface area contributed by atoms with E-state index < -0.39 is 46.3 Å². The zero-order chi connectivity index (χ0) is 23.2. The predicted molar refractivity (Wildman–Crippen MR) is 103 cm³/mol. The van der Waals surface area contributed by atoms with E-state index in [-0.39, 0.29) is 31.2 Å². The highest BCUT2D eigenvalue weighted by atomic mass is 19.4. The van der Waals surface area contributed by atoms with Gasteiger partial charge in [-0.2, -0.15) is 13.2 Å². The van der Waals surface area contributed by atoms with Gasteiger partial charge in [-0.05, 0) is 56.9 Å². The number of alkyl halides is 3. The van der Waals surface area contributed by atoms with Gasteiger partial charge in [0.05, 0.1) is 30.4 Å². The van der Waals surface area contributed by atoms with Crippen LogP contribution >= 0.6 is 0 Å². The molecule has 0 heterocycles. The lowest BCUT2D eigenvalue weighted by molar-refractivity contribution is -0.166. The van der Waals surface area contributed by atoms with Crippen LogP contribution in [0.15, 0.2) is 24.3 Å². The van der Waals surface area contributed by atoms with Gasteiger partial charge in [0, 0.05) is 5.41 Å². The molecular formula is C21H25F3N2O5. The second-order valence-electron chi connectivity index (χ2n) is 8.00. The number of hydrogen-bond donors (Lipinski definition) is 1. The number of hydrazine groups is 1. The first-order chi connectivity index (χ1) is 14.5. The number of halogens is 3. The maximum Gasteiger partial charge on any atom is 0.416 e. The lowest BCUT2D eigenvalue weighted by atomic mass is 9.71. The van der Waals surface area contributed by atoms with Crippen molar-refractivity contribution in [2.24, 2.45) is 28.5 Å². The van der Waals surface area contributed by atoms with E-state index in [1.165, 1.54) is 0 Å². The van der Waals surface area contributed by atoms with Gasteiger partial charge < -0.3 is 9.47 Å². The first-order valence-electron chi connectivity index (χ1n) is 10.1. The van der Waals surface area contributed by atoms with Gasteiger partial charge in [-0.3, -0.25) is 14.4 Å². The Morgan fingerprint density at radius 2 is 1.71 bits per heavy atom. The normalized spacial score (nSPS) is 29.1. The molecule has 7 nitrogen and oxygen atoms in total. The maximum atomic E-state index is 13.6. The van der Waals surface area contributed by atoms with E-state index >= 15 is 0 Å². The number of nitrogens with two attached hydrogens (primary N) is 1. The van der Waals surface area contributed by atoms with Gasteiger partial charge in [-0.1, -0.05) is 6.92 Å². The summed E-state index contributed by atoms with van der Waals surface area (Å²) < 4.78 is 48.9. The van der Waals surface area contributed by atoms with Crippen LogP contribution in [0.4, 0.5) is 18.9 Å². The molecule has 2 aliphatic carbocycles. The summed E-state index contributed by atoms with van der Waals surface area (Å²) in [4.78, 5) is 39.1. The van der Waals surface area contributed by atoms with Gasteiger partial charge in [0.2, 0.25) is 0 Å². The molecule has 2 aliphatic rings. The fraction of sp³-hybridized carbons (Fsp3) is 0.571. The number of esters is 2. The van der Waals surface area contributed by atoms with Crippen LogP contribution in [0.3, 0.4) is 0 Å². The van der Waals surface area contributed by atoms with E-state index in [1.807, 2.05) is 0 Å². The number of rotatable bonds is 6. The first-order valence-corrected chi connectivity index (χ1v) is 10.1. The minimum absolute atomic E-state index is 0.0120. The number of ether oxygens (including phenoxy) is 2. The second-order valence-corrected chi connectivity index (χ2v) is 8.00. The average Bonchev–Trinajstić information content (AvgIpc) is 3.21. The van der Waals surface area contributed by atoms with Gasteiger partial charge in [-0.15, -0.1) is 0 Å². The van der Waals surface area contributed by atoms with Crippen LogP contribution in [0.5, 0.6) is 0 Å². The topological polar surface area (TPSA) is 98.9 Å². The van der Waals surface area contributed by atoms with Crippen molar-refractivity contribution >= 4 is 23.5 Å². The Bertz CT molecular complexity index is 888. The standard InChI is InChI=1S/C21H25F3N2O5/c1-4-30-16(27)15-14-10-11-20(19(14,15)3,18(29)31-5-2)17(28)26(25)13-8-6-12(7-9-13)21(22,23)24/h6-9,14-15H,4-5,10-11,25H2,1-3H3. The molecule has 0 saturated heterocycles. The summed E-state index contributed by atoms with van der Waals surface area (Å²) in [5.41, 5.74) is -3.69. The summed E-state index contributed by atoms with van der Waals surface area (Å²) in [6, 6.07) is 3.72. The quantitative estimate of drug-likeness (QED) is 0.239. The first kappa shape index (κ1) is 23.1. The predicted octanol–water partition coefficient (Wildman–Crippen LogP) is 3.07. The third kappa shape index (κ3) is 3.37. The van der Waals surface area contributed by atoms with Gasteiger partial charge in [-0.25, -0.2) is 10.9 Å². The lowest BCUT2D eigenvalue weighted by Crippen LogP contribution is -2.56. The van der Waals surface area contributed by atoms with Gasteiger partial charge in [0.15, 0.2) is 5.41 Å². The van der Waals surface area contributed by atoms with Crippen molar-refractivity contribution in [1.29, 1.82) is 0 Å². The van der Waals surface area contributed by atoms with Crippen LogP contribution in [0.1, 0.15) is 39.2 Å². The van der Waals surface area contributed by atoms with E-state index in [0.717, 1.165) is 24.3 Å². The Hall–Kier alpha value is -2.62. The molecule has 1 aromatic rings. The number of anilines is 1. The Morgan fingerprint density at radius 3 is 2.23 bits per heavy atom. The molecule has 2 N–H and O–H groups in total. The van der Waals surface area contributed by atoms with Crippen molar-refractivity contribution in [3.05, 3.63) is 29.8 Å². The van der Waals surface area contributed by atoms with Crippen LogP contribution in [0, 0.1) is 22.7 Å². The molecule has 2 fully saturated rings. The van der Waals surface area contributed by atoms with Crippen LogP contribution in [0.25, 0.3) is 0 Å². The molecular weight excluding hydrogens is 417 g/mol. The van der Waals surface area contributed by atoms with Crippen molar-refractivity contribution in [3.8, 4) is 0 Å². The number of benzene rings is 1. The molecule has 3 rings (SSSR count). The van der Waals surface area contributed by atoms with Crippen molar-refractivity contribution in [1.82, 2.24) is 0 Å². The third-order valence-electron chi connectivity index (χ3n) is 6.68. The number of fused-ring (bicyclic) bond motifs is 1. The van der Waals surface area contributed by atoms with Crippen LogP contribution in [0.2, 0.25) is 0 Å². The molecule has 1 aromatic carbocycles. The second kappa shape index (κ2) is 7.81. The Balaban J connectivity index is 1.97. The van der Waals surface area contributed by atoms with E-state index in [2.05, 4.69) is 0 Å². The Labute approximate surface area is 177 Å². The third-order valence-corrected chi connectivity index (χ3v) is 6.68. The molecule has 0 aromatic heterocycles. The highest BCUT2D eigenvalue weighted by Gasteiger charge is 2.83. The molecule has 0 radical (unpaired) electrons. The number of carbonyl (C=O) groups excluding carboxylic acids is 3. The summed E-state index contributed by atoms with van der Waals surface area (Å²) >= 11 is 0. The lowest BCUT2D eigenvalue weighted by Gasteiger charge is -2.36. The zero-order valence-corrected chi connectivity index (χ0v) is 17.5. The van der Waals surface area contributed by atoms with E-state index in [0.29, 0.717) is 11.4 Å². The smallest absolute Gasteiger partial charge is 0.416 e. The largest absolute Gasteiger partial charge is 0.466 e. The van der Waals surface area contributed by atoms with Crippen molar-refractivity contribution in [2.45, 2.75) is 39.8 Å². The van der Waals surface area contributed by atoms with Crippen LogP contribution in [-0.2, 0) is 30.0 Å². The summed E-state index contributed by atoms with van der Waals surface area (Å²) in [6.07, 6.45) is -4.00. The molecule has 170 valence electrons. The minimum Gasteiger partial charge on any atom is -0.466 e. The SMILES string of the molecule is CCOC(=O)C1C2CCC(C(=O)OCC)(C(=O)N(N)c3ccc(C(F)(F)F)cc3)C21C. The molecule has 0 aliphatic heterocycles. The van der Waals surface area contributed by atoms with Crippen LogP contribution in [-0.4, -0.2) is 31.1 Å². The number of hydrogen-bond acceptors (Lipinski definition) is 6. The van der Waals surface area contributed by atoms with E-state index in [1.54, 1.807) is 20.8 Å². The Kier molecular flexibility index (Phi) is 5.81. The van der Waals surface area contributed by atoms with Crippen LogP contribution < -0.4 is 10.9 Å². The van der Waals surface area contributed by atoms with E-state index in [9.17, 15) is 27.6 Å². The number of amides is 1. The molecule has 0 spiro atoms. The Morgan fingerprint density at radius 1 is 1.13 bits per heavy atom. The maximum absolute atomic E-state index is 13.6. The molecule has 0 bridgehead atoms. The molecule has 1 amide bonds. The van der Waals surface area contributed by atoms with E-state index in [4.69, 9.17) is 15.3 Å². The minimum atomic E-state index is -4.54. The molecule has 2 saturated carbocycles. The summed E-state index contributed by atoms with van der Waals surface area (Å²) in [5.74, 6) is 2.99. The summed E-state index contributed by atoms with van der Waals surface area (Å²) in [5, 5.41) is 0.672. The molecule has 31 heavy (non-hydrogen) atoms. The van der Waals surface area contributed by atoms with Crippen molar-refractivity contribution in [3.63, 3.8) is 0 Å². The molecule has 4 unspecified atom stereocenters. The number of nitrogens with zero attached hydrogens (tertiary/aromatic N) is 1. The number of carbonyl (C=O) groups is 3. The molecule has 10 heteroatoms. The fourth-order valence-electron chi connectivity index (χ4n) is 5.07. The highest BCUT2D eigenvalue weighted by molar-refractivity contribution is 6.12. The molecule has 4 atom stereocenters. The highest BCUT2D eigenvalue weighted by Crippen LogP contribution is 2.76. The van der Waals surface area contributed by atoms with Gasteiger partial charge in [0.25, 0.3) is 5.91 Å². The zero-order valence-electron chi connectivity index (χ0n) is 17.5. The summed E-state index contributed by atoms with van der Waals surface area (Å²) in [7, 11) is 0. The average molecular weight is 442 g/mol.